The fraction of sp³-hybridized carbons (Fsp3) is 0.417. The second-order valence-electron chi connectivity index (χ2n) is 4.61. The zero-order valence-corrected chi connectivity index (χ0v) is 9.42. The number of non-ortho nitro benzene ring substituents is 1. The third kappa shape index (κ3) is 1.28. The zero-order chi connectivity index (χ0) is 12.2. The summed E-state index contributed by atoms with van der Waals surface area (Å²) in [7, 11) is 0. The number of benzene rings is 1. The molecule has 0 radical (unpaired) electrons. The molecule has 3 rings (SSSR count). The molecular weight excluding hydrogens is 220 g/mol. The van der Waals surface area contributed by atoms with Crippen LogP contribution in [0.1, 0.15) is 43.0 Å². The van der Waals surface area contributed by atoms with Gasteiger partial charge < -0.3 is 4.90 Å². The van der Waals surface area contributed by atoms with E-state index in [2.05, 4.69) is 0 Å². The van der Waals surface area contributed by atoms with Crippen LogP contribution < -0.4 is 0 Å². The molecule has 1 aromatic rings. The Morgan fingerprint density at radius 1 is 1.35 bits per heavy atom. The van der Waals surface area contributed by atoms with E-state index < -0.39 is 0 Å². The monoisotopic (exact) mass is 232 g/mol. The SMILES string of the molecule is CC(=O)N1[C@@H]2CC[C@H]1c1ccc([N+](=O)[O-])cc12. The Kier molecular flexibility index (Phi) is 1.98. The van der Waals surface area contributed by atoms with Gasteiger partial charge in [-0.15, -0.1) is 0 Å². The summed E-state index contributed by atoms with van der Waals surface area (Å²) in [6, 6.07) is 5.13. The summed E-state index contributed by atoms with van der Waals surface area (Å²) in [6.45, 7) is 1.56. The smallest absolute Gasteiger partial charge is 0.269 e. The minimum absolute atomic E-state index is 0.0485. The number of carbonyl (C=O) groups excluding carboxylic acids is 1. The van der Waals surface area contributed by atoms with Gasteiger partial charge in [0.05, 0.1) is 17.0 Å². The highest BCUT2D eigenvalue weighted by atomic mass is 16.6. The summed E-state index contributed by atoms with van der Waals surface area (Å²) >= 11 is 0. The highest BCUT2D eigenvalue weighted by molar-refractivity contribution is 5.76. The first-order chi connectivity index (χ1) is 8.09. The third-order valence-electron chi connectivity index (χ3n) is 3.75. The van der Waals surface area contributed by atoms with Crippen LogP contribution in [0, 0.1) is 10.1 Å². The molecule has 1 aromatic carbocycles. The second-order valence-corrected chi connectivity index (χ2v) is 4.61. The second kappa shape index (κ2) is 3.29. The van der Waals surface area contributed by atoms with E-state index in [1.54, 1.807) is 19.1 Å². The molecule has 2 heterocycles. The molecule has 0 unspecified atom stereocenters. The highest BCUT2D eigenvalue weighted by Crippen LogP contribution is 2.53. The van der Waals surface area contributed by atoms with Gasteiger partial charge in [0.1, 0.15) is 0 Å². The van der Waals surface area contributed by atoms with Crippen LogP contribution in [0.15, 0.2) is 18.2 Å². The number of fused-ring (bicyclic) bond motifs is 5. The van der Waals surface area contributed by atoms with Gasteiger partial charge >= 0.3 is 0 Å². The Morgan fingerprint density at radius 2 is 2.00 bits per heavy atom. The lowest BCUT2D eigenvalue weighted by atomic mass is 9.91. The summed E-state index contributed by atoms with van der Waals surface area (Å²) in [5, 5.41) is 10.7. The molecule has 0 aromatic heterocycles. The number of amides is 1. The molecule has 17 heavy (non-hydrogen) atoms. The Morgan fingerprint density at radius 3 is 2.59 bits per heavy atom. The van der Waals surface area contributed by atoms with Gasteiger partial charge in [-0.05, 0) is 30.0 Å². The lowest BCUT2D eigenvalue weighted by Crippen LogP contribution is -2.24. The minimum Gasteiger partial charge on any atom is -0.329 e. The molecule has 2 aliphatic rings. The molecule has 0 saturated carbocycles. The first kappa shape index (κ1) is 10.3. The van der Waals surface area contributed by atoms with Crippen molar-refractivity contribution in [1.82, 2.24) is 4.90 Å². The van der Waals surface area contributed by atoms with Crippen LogP contribution >= 0.6 is 0 Å². The Bertz CT molecular complexity index is 526. The average Bonchev–Trinajstić information content (AvgIpc) is 2.84. The zero-order valence-electron chi connectivity index (χ0n) is 9.42. The van der Waals surface area contributed by atoms with Crippen LogP contribution in [0.5, 0.6) is 0 Å². The summed E-state index contributed by atoms with van der Waals surface area (Å²) < 4.78 is 0. The predicted molar refractivity (Wildman–Crippen MR) is 60.3 cm³/mol. The van der Waals surface area contributed by atoms with Crippen molar-refractivity contribution in [3.63, 3.8) is 0 Å². The summed E-state index contributed by atoms with van der Waals surface area (Å²) in [5.41, 5.74) is 2.16. The van der Waals surface area contributed by atoms with Crippen molar-refractivity contribution >= 4 is 11.6 Å². The summed E-state index contributed by atoms with van der Waals surface area (Å²) in [4.78, 5) is 23.8. The minimum atomic E-state index is -0.385. The fourth-order valence-electron chi connectivity index (χ4n) is 3.13. The molecule has 2 bridgehead atoms. The number of rotatable bonds is 1. The normalized spacial score (nSPS) is 24.9. The number of hydrogen-bond donors (Lipinski definition) is 0. The van der Waals surface area contributed by atoms with E-state index in [0.29, 0.717) is 0 Å². The van der Waals surface area contributed by atoms with Crippen molar-refractivity contribution in [3.8, 4) is 0 Å². The van der Waals surface area contributed by atoms with Crippen molar-refractivity contribution in [2.75, 3.05) is 0 Å². The van der Waals surface area contributed by atoms with Gasteiger partial charge in [-0.1, -0.05) is 0 Å². The van der Waals surface area contributed by atoms with Crippen molar-refractivity contribution in [1.29, 1.82) is 0 Å². The van der Waals surface area contributed by atoms with Crippen LogP contribution in [0.3, 0.4) is 0 Å². The molecule has 5 nitrogen and oxygen atoms in total. The predicted octanol–water partition coefficient (Wildman–Crippen LogP) is 2.33. The summed E-state index contributed by atoms with van der Waals surface area (Å²) in [5.74, 6) is 0.0522. The first-order valence-electron chi connectivity index (χ1n) is 5.66. The van der Waals surface area contributed by atoms with E-state index in [4.69, 9.17) is 0 Å². The molecule has 2 aliphatic heterocycles. The van der Waals surface area contributed by atoms with Crippen molar-refractivity contribution in [2.45, 2.75) is 31.8 Å². The van der Waals surface area contributed by atoms with Gasteiger partial charge in [-0.3, -0.25) is 14.9 Å². The van der Waals surface area contributed by atoms with Gasteiger partial charge in [0.2, 0.25) is 5.91 Å². The standard InChI is InChI=1S/C12H12N2O3/c1-7(15)13-11-4-5-12(13)10-6-8(14(16)17)2-3-9(10)11/h2-3,6,11-12H,4-5H2,1H3/t11-,12+/m0/s1. The van der Waals surface area contributed by atoms with Gasteiger partial charge in [-0.25, -0.2) is 0 Å². The highest BCUT2D eigenvalue weighted by Gasteiger charge is 2.45. The number of nitro benzene ring substituents is 1. The number of nitro groups is 1. The van der Waals surface area contributed by atoms with Gasteiger partial charge in [0.25, 0.3) is 5.69 Å². The largest absolute Gasteiger partial charge is 0.329 e. The molecule has 1 amide bonds. The average molecular weight is 232 g/mol. The van der Waals surface area contributed by atoms with Crippen LogP contribution in [-0.4, -0.2) is 15.7 Å². The van der Waals surface area contributed by atoms with Crippen molar-refractivity contribution in [3.05, 3.63) is 39.4 Å². The molecule has 1 saturated heterocycles. The fourth-order valence-corrected chi connectivity index (χ4v) is 3.13. The maximum absolute atomic E-state index is 11.6. The Labute approximate surface area is 98.2 Å². The molecule has 5 heteroatoms. The molecule has 2 atom stereocenters. The Balaban J connectivity index is 2.09. The van der Waals surface area contributed by atoms with E-state index in [9.17, 15) is 14.9 Å². The molecule has 88 valence electrons. The van der Waals surface area contributed by atoms with Gasteiger partial charge in [0, 0.05) is 19.1 Å². The maximum Gasteiger partial charge on any atom is 0.269 e. The molecular formula is C12H12N2O3. The summed E-state index contributed by atoms with van der Waals surface area (Å²) in [6.07, 6.45) is 1.88. The quantitative estimate of drug-likeness (QED) is 0.551. The number of hydrogen-bond acceptors (Lipinski definition) is 3. The van der Waals surface area contributed by atoms with E-state index in [-0.39, 0.29) is 28.6 Å². The molecule has 0 N–H and O–H groups in total. The van der Waals surface area contributed by atoms with E-state index in [1.165, 1.54) is 6.07 Å². The van der Waals surface area contributed by atoms with Crippen LogP contribution in [-0.2, 0) is 4.79 Å². The lowest BCUT2D eigenvalue weighted by Gasteiger charge is -2.20. The Hall–Kier alpha value is -1.91. The lowest BCUT2D eigenvalue weighted by molar-refractivity contribution is -0.384. The van der Waals surface area contributed by atoms with Crippen molar-refractivity contribution < 1.29 is 9.72 Å². The molecule has 1 fully saturated rings. The van der Waals surface area contributed by atoms with E-state index in [1.807, 2.05) is 4.90 Å². The first-order valence-corrected chi connectivity index (χ1v) is 5.66. The maximum atomic E-state index is 11.6. The van der Waals surface area contributed by atoms with Crippen LogP contribution in [0.25, 0.3) is 0 Å². The number of carbonyl (C=O) groups is 1. The molecule has 0 spiro atoms. The topological polar surface area (TPSA) is 63.5 Å². The van der Waals surface area contributed by atoms with Gasteiger partial charge in [-0.2, -0.15) is 0 Å². The van der Waals surface area contributed by atoms with Crippen LogP contribution in [0.4, 0.5) is 5.69 Å². The third-order valence-corrected chi connectivity index (χ3v) is 3.75. The van der Waals surface area contributed by atoms with E-state index in [0.717, 1.165) is 24.0 Å². The molecule has 0 aliphatic carbocycles. The van der Waals surface area contributed by atoms with Gasteiger partial charge in [0.15, 0.2) is 0 Å². The van der Waals surface area contributed by atoms with E-state index >= 15 is 0 Å². The number of nitrogens with zero attached hydrogens (tertiary/aromatic N) is 2. The van der Waals surface area contributed by atoms with Crippen LogP contribution in [0.2, 0.25) is 0 Å². The van der Waals surface area contributed by atoms with Crippen molar-refractivity contribution in [2.24, 2.45) is 0 Å².